The van der Waals surface area contributed by atoms with E-state index in [9.17, 15) is 4.39 Å². The average Bonchev–Trinajstić information content (AvgIpc) is 2.71. The minimum Gasteiger partial charge on any atom is -0.396 e. The molecule has 0 aliphatic rings. The van der Waals surface area contributed by atoms with Gasteiger partial charge >= 0.3 is 0 Å². The van der Waals surface area contributed by atoms with E-state index < -0.39 is 5.82 Å². The van der Waals surface area contributed by atoms with Crippen molar-refractivity contribution in [1.29, 1.82) is 0 Å². The maximum Gasteiger partial charge on any atom is 0.148 e. The van der Waals surface area contributed by atoms with Crippen LogP contribution in [0.15, 0.2) is 30.7 Å². The number of hydrogen-bond acceptors (Lipinski definition) is 2. The number of anilines is 1. The molecule has 0 saturated carbocycles. The molecule has 1 heterocycles. The van der Waals surface area contributed by atoms with E-state index in [-0.39, 0.29) is 5.69 Å². The fourth-order valence-corrected chi connectivity index (χ4v) is 1.45. The molecule has 0 unspecified atom stereocenters. The van der Waals surface area contributed by atoms with Crippen LogP contribution in [0, 0.1) is 5.82 Å². The molecule has 84 valence electrons. The summed E-state index contributed by atoms with van der Waals surface area (Å²) in [5, 5.41) is 0. The van der Waals surface area contributed by atoms with Crippen LogP contribution in [0.2, 0.25) is 0 Å². The van der Waals surface area contributed by atoms with Gasteiger partial charge in [0, 0.05) is 18.0 Å². The molecule has 16 heavy (non-hydrogen) atoms. The lowest BCUT2D eigenvalue weighted by molar-refractivity contribution is 0.631. The van der Waals surface area contributed by atoms with E-state index in [1.165, 1.54) is 6.07 Å². The van der Waals surface area contributed by atoms with Crippen molar-refractivity contribution in [3.8, 4) is 5.69 Å². The molecule has 0 atom stereocenters. The Balaban J connectivity index is 2.39. The van der Waals surface area contributed by atoms with E-state index in [0.717, 1.165) is 11.4 Å². The van der Waals surface area contributed by atoms with Crippen molar-refractivity contribution in [3.63, 3.8) is 0 Å². The number of halogens is 1. The lowest BCUT2D eigenvalue weighted by atomic mass is 10.2. The van der Waals surface area contributed by atoms with Crippen LogP contribution in [0.1, 0.15) is 25.5 Å². The van der Waals surface area contributed by atoms with Crippen LogP contribution < -0.4 is 5.73 Å². The maximum absolute atomic E-state index is 13.3. The Morgan fingerprint density at radius 1 is 1.38 bits per heavy atom. The Labute approximate surface area is 93.7 Å². The molecule has 2 aromatic rings. The summed E-state index contributed by atoms with van der Waals surface area (Å²) in [5.41, 5.74) is 7.29. The Morgan fingerprint density at radius 2 is 2.12 bits per heavy atom. The minimum atomic E-state index is -0.405. The molecule has 4 heteroatoms. The zero-order valence-electron chi connectivity index (χ0n) is 9.31. The zero-order valence-corrected chi connectivity index (χ0v) is 9.31. The van der Waals surface area contributed by atoms with E-state index in [4.69, 9.17) is 5.73 Å². The highest BCUT2D eigenvalue weighted by molar-refractivity contribution is 5.46. The summed E-state index contributed by atoms with van der Waals surface area (Å²) >= 11 is 0. The lowest BCUT2D eigenvalue weighted by Crippen LogP contribution is -1.95. The molecule has 0 aliphatic heterocycles. The van der Waals surface area contributed by atoms with Crippen LogP contribution in [0.3, 0.4) is 0 Å². The predicted octanol–water partition coefficient (Wildman–Crippen LogP) is 2.72. The van der Waals surface area contributed by atoms with Crippen LogP contribution in [0.5, 0.6) is 0 Å². The topological polar surface area (TPSA) is 43.8 Å². The number of aromatic nitrogens is 2. The Hall–Kier alpha value is -1.84. The van der Waals surface area contributed by atoms with Crippen LogP contribution >= 0.6 is 0 Å². The molecule has 2 N–H and O–H groups in total. The Bertz CT molecular complexity index is 503. The van der Waals surface area contributed by atoms with Gasteiger partial charge in [-0.3, -0.25) is 0 Å². The summed E-state index contributed by atoms with van der Waals surface area (Å²) in [7, 11) is 0. The maximum atomic E-state index is 13.3. The fourth-order valence-electron chi connectivity index (χ4n) is 1.45. The van der Waals surface area contributed by atoms with Gasteiger partial charge in [-0.1, -0.05) is 13.8 Å². The van der Waals surface area contributed by atoms with Gasteiger partial charge in [-0.15, -0.1) is 0 Å². The number of imidazole rings is 1. The first-order valence-corrected chi connectivity index (χ1v) is 5.17. The van der Waals surface area contributed by atoms with Gasteiger partial charge in [0.15, 0.2) is 0 Å². The van der Waals surface area contributed by atoms with E-state index in [2.05, 4.69) is 18.8 Å². The van der Waals surface area contributed by atoms with Crippen molar-refractivity contribution < 1.29 is 4.39 Å². The van der Waals surface area contributed by atoms with Crippen molar-refractivity contribution in [2.24, 2.45) is 0 Å². The van der Waals surface area contributed by atoms with Crippen molar-refractivity contribution in [3.05, 3.63) is 42.2 Å². The highest BCUT2D eigenvalue weighted by atomic mass is 19.1. The van der Waals surface area contributed by atoms with Gasteiger partial charge in [0.25, 0.3) is 0 Å². The fraction of sp³-hybridized carbons (Fsp3) is 0.250. The van der Waals surface area contributed by atoms with E-state index in [1.54, 1.807) is 23.0 Å². The van der Waals surface area contributed by atoms with Gasteiger partial charge in [0.05, 0.1) is 17.7 Å². The lowest BCUT2D eigenvalue weighted by Gasteiger charge is -2.03. The standard InChI is InChI=1S/C12H14FN3/c1-8(2)12-6-16(7-15-12)9-3-4-11(14)10(13)5-9/h3-8H,14H2,1-2H3. The van der Waals surface area contributed by atoms with Crippen LogP contribution in [0.25, 0.3) is 5.69 Å². The predicted molar refractivity (Wildman–Crippen MR) is 62.0 cm³/mol. The average molecular weight is 219 g/mol. The summed E-state index contributed by atoms with van der Waals surface area (Å²) in [6, 6.07) is 4.73. The van der Waals surface area contributed by atoms with Crippen LogP contribution in [0.4, 0.5) is 10.1 Å². The van der Waals surface area contributed by atoms with Gasteiger partial charge in [-0.05, 0) is 18.1 Å². The molecule has 0 saturated heterocycles. The number of nitrogen functional groups attached to an aromatic ring is 1. The molecule has 1 aromatic heterocycles. The van der Waals surface area contributed by atoms with Crippen molar-refractivity contribution in [2.45, 2.75) is 19.8 Å². The number of benzene rings is 1. The Kier molecular flexibility index (Phi) is 2.64. The number of hydrogen-bond donors (Lipinski definition) is 1. The van der Waals surface area contributed by atoms with Gasteiger partial charge < -0.3 is 10.3 Å². The molecule has 1 aromatic carbocycles. The first-order valence-electron chi connectivity index (χ1n) is 5.17. The number of nitrogens with zero attached hydrogens (tertiary/aromatic N) is 2. The molecule has 3 nitrogen and oxygen atoms in total. The van der Waals surface area contributed by atoms with Crippen LogP contribution in [-0.2, 0) is 0 Å². The third kappa shape index (κ3) is 1.91. The van der Waals surface area contributed by atoms with Crippen LogP contribution in [-0.4, -0.2) is 9.55 Å². The number of nitrogens with two attached hydrogens (primary N) is 1. The summed E-state index contributed by atoms with van der Waals surface area (Å²) in [4.78, 5) is 4.25. The van der Waals surface area contributed by atoms with Crippen molar-refractivity contribution in [2.75, 3.05) is 5.73 Å². The van der Waals surface area contributed by atoms with E-state index >= 15 is 0 Å². The van der Waals surface area contributed by atoms with Crippen molar-refractivity contribution >= 4 is 5.69 Å². The van der Waals surface area contributed by atoms with Crippen molar-refractivity contribution in [1.82, 2.24) is 9.55 Å². The third-order valence-electron chi connectivity index (χ3n) is 2.48. The second-order valence-electron chi connectivity index (χ2n) is 4.07. The smallest absolute Gasteiger partial charge is 0.148 e. The van der Waals surface area contributed by atoms with Gasteiger partial charge in [-0.2, -0.15) is 0 Å². The molecule has 0 spiro atoms. The highest BCUT2D eigenvalue weighted by Gasteiger charge is 2.06. The monoisotopic (exact) mass is 219 g/mol. The molecule has 0 amide bonds. The van der Waals surface area contributed by atoms with Gasteiger partial charge in [0.2, 0.25) is 0 Å². The van der Waals surface area contributed by atoms with E-state index in [1.807, 2.05) is 6.20 Å². The molecule has 0 aliphatic carbocycles. The molecule has 2 rings (SSSR count). The molecule has 0 bridgehead atoms. The summed E-state index contributed by atoms with van der Waals surface area (Å²) in [6.45, 7) is 4.13. The quantitative estimate of drug-likeness (QED) is 0.789. The van der Waals surface area contributed by atoms with Gasteiger partial charge in [0.1, 0.15) is 5.82 Å². The summed E-state index contributed by atoms with van der Waals surface area (Å²) < 4.78 is 15.1. The van der Waals surface area contributed by atoms with Gasteiger partial charge in [-0.25, -0.2) is 9.37 Å². The summed E-state index contributed by atoms with van der Waals surface area (Å²) in [5.74, 6) is -0.0443. The third-order valence-corrected chi connectivity index (χ3v) is 2.48. The molecular weight excluding hydrogens is 205 g/mol. The second kappa shape index (κ2) is 3.96. The Morgan fingerprint density at radius 3 is 2.69 bits per heavy atom. The SMILES string of the molecule is CC(C)c1cn(-c2ccc(N)c(F)c2)cn1. The normalized spacial score (nSPS) is 11.0. The second-order valence-corrected chi connectivity index (χ2v) is 4.07. The highest BCUT2D eigenvalue weighted by Crippen LogP contribution is 2.18. The van der Waals surface area contributed by atoms with E-state index in [0.29, 0.717) is 5.92 Å². The minimum absolute atomic E-state index is 0.160. The first-order chi connectivity index (χ1) is 7.58. The molecular formula is C12H14FN3. The largest absolute Gasteiger partial charge is 0.396 e. The first kappa shape index (κ1) is 10.7. The number of rotatable bonds is 2. The zero-order chi connectivity index (χ0) is 11.7. The molecule has 0 fully saturated rings. The summed E-state index contributed by atoms with van der Waals surface area (Å²) in [6.07, 6.45) is 3.58. The molecule has 0 radical (unpaired) electrons.